The van der Waals surface area contributed by atoms with Crippen molar-refractivity contribution in [1.82, 2.24) is 4.98 Å². The first-order valence-electron chi connectivity index (χ1n) is 10.6. The normalized spacial score (nSPS) is 11.2. The second-order valence-corrected chi connectivity index (χ2v) is 7.85. The van der Waals surface area contributed by atoms with Crippen LogP contribution in [0, 0.1) is 0 Å². The van der Waals surface area contributed by atoms with Crippen molar-refractivity contribution in [3.8, 4) is 0 Å². The minimum atomic E-state index is 1.21. The fourth-order valence-corrected chi connectivity index (χ4v) is 4.66. The van der Waals surface area contributed by atoms with Gasteiger partial charge in [0.25, 0.3) is 0 Å². The fraction of sp³-hybridized carbons (Fsp3) is 0. The average Bonchev–Trinajstić information content (AvgIpc) is 3.24. The Morgan fingerprint density at radius 1 is 0.258 bits per heavy atom. The number of fused-ring (bicyclic) bond motifs is 9. The van der Waals surface area contributed by atoms with Gasteiger partial charge < -0.3 is 4.98 Å². The zero-order valence-electron chi connectivity index (χ0n) is 17.0. The van der Waals surface area contributed by atoms with Crippen LogP contribution in [0.5, 0.6) is 0 Å². The number of benzene rings is 6. The summed E-state index contributed by atoms with van der Waals surface area (Å²) in [6, 6.07) is 42.7. The van der Waals surface area contributed by atoms with Gasteiger partial charge in [0.1, 0.15) is 0 Å². The van der Waals surface area contributed by atoms with Crippen molar-refractivity contribution >= 4 is 54.1 Å². The van der Waals surface area contributed by atoms with E-state index in [0.29, 0.717) is 0 Å². The van der Waals surface area contributed by atoms with Gasteiger partial charge in [0.05, 0.1) is 0 Å². The fourth-order valence-electron chi connectivity index (χ4n) is 4.66. The number of para-hydroxylation sites is 2. The zero-order chi connectivity index (χ0) is 20.6. The Morgan fingerprint density at radius 3 is 0.774 bits per heavy atom. The molecular weight excluding hydrogens is 374 g/mol. The molecule has 0 spiro atoms. The second-order valence-electron chi connectivity index (χ2n) is 7.85. The molecule has 31 heavy (non-hydrogen) atoms. The van der Waals surface area contributed by atoms with Crippen molar-refractivity contribution in [1.29, 1.82) is 0 Å². The number of H-pyrrole nitrogens is 1. The summed E-state index contributed by atoms with van der Waals surface area (Å²) in [5.41, 5.74) is 2.42. The number of nitrogens with one attached hydrogen (secondary N) is 1. The lowest BCUT2D eigenvalue weighted by atomic mass is 9.95. The number of aromatic amines is 1. The Morgan fingerprint density at radius 2 is 0.484 bits per heavy atom. The minimum absolute atomic E-state index is 1.21. The summed E-state index contributed by atoms with van der Waals surface area (Å²) in [7, 11) is 0. The van der Waals surface area contributed by atoms with E-state index in [1.54, 1.807) is 0 Å². The molecular formula is C30H21N. The van der Waals surface area contributed by atoms with Crippen LogP contribution in [0.3, 0.4) is 0 Å². The topological polar surface area (TPSA) is 15.8 Å². The summed E-state index contributed by atoms with van der Waals surface area (Å²) in [5.74, 6) is 0. The molecule has 0 aliphatic carbocycles. The van der Waals surface area contributed by atoms with Crippen molar-refractivity contribution in [2.45, 2.75) is 0 Å². The van der Waals surface area contributed by atoms with E-state index in [0.717, 1.165) is 0 Å². The van der Waals surface area contributed by atoms with E-state index in [9.17, 15) is 0 Å². The molecule has 0 bridgehead atoms. The first-order chi connectivity index (χ1) is 15.4. The van der Waals surface area contributed by atoms with E-state index in [1.165, 1.54) is 54.1 Å². The quantitative estimate of drug-likeness (QED) is 0.248. The Balaban J connectivity index is 0.000000126. The molecule has 1 nitrogen and oxygen atoms in total. The number of aromatic nitrogens is 1. The van der Waals surface area contributed by atoms with E-state index < -0.39 is 0 Å². The van der Waals surface area contributed by atoms with Crippen LogP contribution in [0.1, 0.15) is 0 Å². The molecule has 7 rings (SSSR count). The van der Waals surface area contributed by atoms with Gasteiger partial charge in [-0.25, -0.2) is 0 Å². The van der Waals surface area contributed by atoms with E-state index in [1.807, 2.05) is 0 Å². The maximum Gasteiger partial charge on any atom is 0.0464 e. The third-order valence-electron chi connectivity index (χ3n) is 6.07. The van der Waals surface area contributed by atoms with Crippen LogP contribution in [-0.2, 0) is 0 Å². The summed E-state index contributed by atoms with van der Waals surface area (Å²) < 4.78 is 0. The average molecular weight is 396 g/mol. The van der Waals surface area contributed by atoms with Gasteiger partial charge in [-0.3, -0.25) is 0 Å². The van der Waals surface area contributed by atoms with Crippen LogP contribution in [0.2, 0.25) is 0 Å². The second kappa shape index (κ2) is 7.30. The van der Waals surface area contributed by atoms with Gasteiger partial charge in [0, 0.05) is 21.8 Å². The lowest BCUT2D eigenvalue weighted by molar-refractivity contribution is 1.55. The van der Waals surface area contributed by atoms with Gasteiger partial charge in [-0.15, -0.1) is 0 Å². The highest BCUT2D eigenvalue weighted by atomic mass is 14.7. The van der Waals surface area contributed by atoms with Crippen LogP contribution < -0.4 is 0 Å². The van der Waals surface area contributed by atoms with Gasteiger partial charge in [-0.2, -0.15) is 0 Å². The van der Waals surface area contributed by atoms with E-state index in [-0.39, 0.29) is 0 Å². The molecule has 146 valence electrons. The van der Waals surface area contributed by atoms with E-state index in [2.05, 4.69) is 126 Å². The highest BCUT2D eigenvalue weighted by molar-refractivity contribution is 6.25. The third-order valence-corrected chi connectivity index (χ3v) is 6.07. The summed E-state index contributed by atoms with van der Waals surface area (Å²) in [6.45, 7) is 0. The van der Waals surface area contributed by atoms with Gasteiger partial charge in [-0.05, 0) is 44.5 Å². The zero-order valence-corrected chi connectivity index (χ0v) is 17.0. The number of hydrogen-bond acceptors (Lipinski definition) is 0. The van der Waals surface area contributed by atoms with Crippen LogP contribution in [-0.4, -0.2) is 4.98 Å². The van der Waals surface area contributed by atoms with Crippen LogP contribution >= 0.6 is 0 Å². The van der Waals surface area contributed by atoms with Crippen molar-refractivity contribution in [3.63, 3.8) is 0 Å². The maximum atomic E-state index is 3.38. The first-order valence-corrected chi connectivity index (χ1v) is 10.6. The monoisotopic (exact) mass is 395 g/mol. The summed E-state index contributed by atoms with van der Waals surface area (Å²) in [6.07, 6.45) is 0. The molecule has 0 fully saturated rings. The molecule has 1 heteroatoms. The predicted molar refractivity (Wildman–Crippen MR) is 135 cm³/mol. The van der Waals surface area contributed by atoms with Crippen molar-refractivity contribution in [3.05, 3.63) is 121 Å². The van der Waals surface area contributed by atoms with Gasteiger partial charge in [-0.1, -0.05) is 109 Å². The van der Waals surface area contributed by atoms with E-state index in [4.69, 9.17) is 0 Å². The molecule has 0 unspecified atom stereocenters. The lowest BCUT2D eigenvalue weighted by Gasteiger charge is -2.09. The third kappa shape index (κ3) is 2.94. The molecule has 1 N–H and O–H groups in total. The van der Waals surface area contributed by atoms with Gasteiger partial charge >= 0.3 is 0 Å². The minimum Gasteiger partial charge on any atom is -0.355 e. The van der Waals surface area contributed by atoms with Crippen LogP contribution in [0.4, 0.5) is 0 Å². The highest BCUT2D eigenvalue weighted by Gasteiger charge is 2.06. The molecule has 0 atom stereocenters. The van der Waals surface area contributed by atoms with Crippen molar-refractivity contribution in [2.75, 3.05) is 0 Å². The molecule has 0 aliphatic heterocycles. The molecule has 6 aromatic carbocycles. The molecule has 0 saturated carbocycles. The summed E-state index contributed by atoms with van der Waals surface area (Å²) in [4.78, 5) is 3.38. The molecule has 0 amide bonds. The predicted octanol–water partition coefficient (Wildman–Crippen LogP) is 8.47. The Bertz CT molecular complexity index is 1420. The molecule has 1 heterocycles. The SMILES string of the molecule is c1ccc2c(c1)[nH]c1ccccc12.c1ccc2c(c1)c1ccccc1c1ccccc21. The summed E-state index contributed by atoms with van der Waals surface area (Å²) in [5, 5.41) is 10.6. The number of rotatable bonds is 0. The van der Waals surface area contributed by atoms with E-state index >= 15 is 0 Å². The molecule has 0 radical (unpaired) electrons. The highest BCUT2D eigenvalue weighted by Crippen LogP contribution is 2.34. The maximum absolute atomic E-state index is 3.38. The lowest BCUT2D eigenvalue weighted by Crippen LogP contribution is -1.81. The van der Waals surface area contributed by atoms with Crippen LogP contribution in [0.25, 0.3) is 54.1 Å². The first kappa shape index (κ1) is 17.7. The Labute approximate surface area is 180 Å². The molecule has 1 aromatic heterocycles. The molecule has 0 saturated heterocycles. The number of hydrogen-bond donors (Lipinski definition) is 1. The van der Waals surface area contributed by atoms with Gasteiger partial charge in [0.2, 0.25) is 0 Å². The Hall–Kier alpha value is -4.10. The standard InChI is InChI=1S/C18H12.C12H9N/c1-2-8-14-13(7-1)15-9-3-4-11-17(15)18-12-6-5-10-16(14)18;1-3-7-11-9(5-1)10-6-2-4-8-12(10)13-11/h1-12H;1-8,13H. The van der Waals surface area contributed by atoms with Crippen LogP contribution in [0.15, 0.2) is 121 Å². The molecule has 0 aliphatic rings. The van der Waals surface area contributed by atoms with Crippen molar-refractivity contribution in [2.24, 2.45) is 0 Å². The van der Waals surface area contributed by atoms with Gasteiger partial charge in [0.15, 0.2) is 0 Å². The van der Waals surface area contributed by atoms with Crippen molar-refractivity contribution < 1.29 is 0 Å². The smallest absolute Gasteiger partial charge is 0.0464 e. The Kier molecular flexibility index (Phi) is 4.18. The largest absolute Gasteiger partial charge is 0.355 e. The summed E-state index contributed by atoms with van der Waals surface area (Å²) >= 11 is 0. The molecule has 7 aromatic rings.